The molecule has 0 atom stereocenters. The maximum atomic E-state index is 12.4. The van der Waals surface area contributed by atoms with Crippen LogP contribution in [0.5, 0.6) is 5.75 Å². The second-order valence-corrected chi connectivity index (χ2v) is 7.24. The van der Waals surface area contributed by atoms with Crippen molar-refractivity contribution in [3.05, 3.63) is 83.9 Å². The van der Waals surface area contributed by atoms with E-state index in [0.717, 1.165) is 21.5 Å². The second-order valence-electron chi connectivity index (χ2n) is 6.33. The van der Waals surface area contributed by atoms with Crippen LogP contribution in [-0.4, -0.2) is 27.7 Å². The minimum absolute atomic E-state index is 0.362. The van der Waals surface area contributed by atoms with Crippen molar-refractivity contribution >= 4 is 33.3 Å². The van der Waals surface area contributed by atoms with Crippen LogP contribution >= 0.6 is 15.9 Å². The van der Waals surface area contributed by atoms with Crippen molar-refractivity contribution in [2.75, 3.05) is 17.7 Å². The lowest BCUT2D eigenvalue weighted by molar-refractivity contribution is 0.262. The van der Waals surface area contributed by atoms with Crippen molar-refractivity contribution in [2.45, 2.75) is 0 Å². The molecule has 2 amide bonds. The van der Waals surface area contributed by atoms with E-state index in [1.165, 1.54) is 0 Å². The van der Waals surface area contributed by atoms with Crippen molar-refractivity contribution in [1.29, 1.82) is 0 Å². The highest BCUT2D eigenvalue weighted by Gasteiger charge is 2.10. The van der Waals surface area contributed by atoms with E-state index in [4.69, 9.17) is 4.74 Å². The van der Waals surface area contributed by atoms with E-state index < -0.39 is 0 Å². The number of rotatable bonds is 5. The third kappa shape index (κ3) is 4.33. The average molecular weight is 464 g/mol. The molecule has 0 saturated heterocycles. The normalized spacial score (nSPS) is 10.5. The van der Waals surface area contributed by atoms with Crippen LogP contribution in [0.4, 0.5) is 16.2 Å². The predicted molar refractivity (Wildman–Crippen MR) is 120 cm³/mol. The van der Waals surface area contributed by atoms with E-state index >= 15 is 0 Å². The Kier molecular flexibility index (Phi) is 5.76. The minimum atomic E-state index is -0.362. The molecule has 0 fully saturated rings. The number of methoxy groups -OCH3 is 1. The number of hydrogen-bond donors (Lipinski definition) is 2. The van der Waals surface area contributed by atoms with Crippen LogP contribution in [0.3, 0.4) is 0 Å². The zero-order valence-electron chi connectivity index (χ0n) is 16.0. The quantitative estimate of drug-likeness (QED) is 0.417. The van der Waals surface area contributed by atoms with Gasteiger partial charge in [0.1, 0.15) is 11.6 Å². The molecule has 2 heterocycles. The molecule has 0 aliphatic heterocycles. The molecular weight excluding hydrogens is 446 g/mol. The highest BCUT2D eigenvalue weighted by molar-refractivity contribution is 9.10. The summed E-state index contributed by atoms with van der Waals surface area (Å²) in [5.41, 5.74) is 3.13. The lowest BCUT2D eigenvalue weighted by atomic mass is 10.2. The summed E-state index contributed by atoms with van der Waals surface area (Å²) in [5, 5.41) is 5.62. The molecule has 0 aliphatic rings. The van der Waals surface area contributed by atoms with Crippen LogP contribution in [0.25, 0.3) is 17.1 Å². The third-order valence-electron chi connectivity index (χ3n) is 4.39. The fourth-order valence-corrected chi connectivity index (χ4v) is 3.36. The molecule has 7 nitrogen and oxygen atoms in total. The van der Waals surface area contributed by atoms with E-state index in [2.05, 4.69) is 36.5 Å². The Morgan fingerprint density at radius 1 is 1.00 bits per heavy atom. The first-order valence-electron chi connectivity index (χ1n) is 9.10. The summed E-state index contributed by atoms with van der Waals surface area (Å²) in [5.74, 6) is 1.39. The summed E-state index contributed by atoms with van der Waals surface area (Å²) in [4.78, 5) is 20.9. The number of pyridine rings is 1. The number of imidazole rings is 1. The number of anilines is 2. The smallest absolute Gasteiger partial charge is 0.323 e. The maximum Gasteiger partial charge on any atom is 0.323 e. The van der Waals surface area contributed by atoms with Gasteiger partial charge < -0.3 is 15.4 Å². The van der Waals surface area contributed by atoms with Gasteiger partial charge in [0.15, 0.2) is 0 Å². The number of carbonyl (C=O) groups is 1. The van der Waals surface area contributed by atoms with E-state index in [1.54, 1.807) is 37.8 Å². The summed E-state index contributed by atoms with van der Waals surface area (Å²) in [6, 6.07) is 16.4. The van der Waals surface area contributed by atoms with Crippen LogP contribution in [-0.2, 0) is 0 Å². The zero-order chi connectivity index (χ0) is 20.9. The number of amides is 2. The zero-order valence-corrected chi connectivity index (χ0v) is 17.6. The molecule has 0 bridgehead atoms. The number of urea groups is 1. The number of nitrogens with zero attached hydrogens (tertiary/aromatic N) is 3. The first-order valence-corrected chi connectivity index (χ1v) is 9.89. The Morgan fingerprint density at radius 2 is 1.77 bits per heavy atom. The van der Waals surface area contributed by atoms with Crippen LogP contribution in [0.2, 0.25) is 0 Å². The fourth-order valence-electron chi connectivity index (χ4n) is 2.99. The van der Waals surface area contributed by atoms with Gasteiger partial charge in [0.05, 0.1) is 12.8 Å². The lowest BCUT2D eigenvalue weighted by Crippen LogP contribution is -2.19. The summed E-state index contributed by atoms with van der Waals surface area (Å²) in [7, 11) is 1.56. The van der Waals surface area contributed by atoms with Crippen molar-refractivity contribution < 1.29 is 9.53 Å². The molecular formula is C22H18BrN5O2. The van der Waals surface area contributed by atoms with Gasteiger partial charge in [-0.15, -0.1) is 0 Å². The van der Waals surface area contributed by atoms with Crippen molar-refractivity contribution in [3.8, 4) is 22.8 Å². The fraction of sp³-hybridized carbons (Fsp3) is 0.0455. The molecule has 2 aromatic heterocycles. The molecule has 8 heteroatoms. The van der Waals surface area contributed by atoms with Gasteiger partial charge in [0, 0.05) is 46.2 Å². The number of aromatic nitrogens is 3. The molecule has 2 aromatic carbocycles. The van der Waals surface area contributed by atoms with Gasteiger partial charge in [-0.3, -0.25) is 9.55 Å². The van der Waals surface area contributed by atoms with Gasteiger partial charge in [-0.2, -0.15) is 0 Å². The molecule has 4 aromatic rings. The first kappa shape index (κ1) is 19.7. The second kappa shape index (κ2) is 8.79. The molecule has 150 valence electrons. The molecule has 0 unspecified atom stereocenters. The maximum absolute atomic E-state index is 12.4. The first-order chi connectivity index (χ1) is 14.6. The highest BCUT2D eigenvalue weighted by Crippen LogP contribution is 2.28. The number of ether oxygens (including phenoxy) is 1. The van der Waals surface area contributed by atoms with Gasteiger partial charge in [0.25, 0.3) is 0 Å². The number of benzene rings is 2. The number of halogens is 1. The molecule has 0 saturated carbocycles. The summed E-state index contributed by atoms with van der Waals surface area (Å²) in [6.45, 7) is 0. The van der Waals surface area contributed by atoms with E-state index in [0.29, 0.717) is 17.1 Å². The third-order valence-corrected chi connectivity index (χ3v) is 4.89. The minimum Gasteiger partial charge on any atom is -0.495 e. The Labute approximate surface area is 181 Å². The Bertz CT molecular complexity index is 1160. The van der Waals surface area contributed by atoms with Gasteiger partial charge in [-0.25, -0.2) is 9.78 Å². The van der Waals surface area contributed by atoms with E-state index in [1.807, 2.05) is 53.2 Å². The van der Waals surface area contributed by atoms with Crippen LogP contribution < -0.4 is 15.4 Å². The largest absolute Gasteiger partial charge is 0.495 e. The topological polar surface area (TPSA) is 81.1 Å². The Balaban J connectivity index is 1.48. The molecule has 4 rings (SSSR count). The number of carbonyl (C=O) groups excluding carboxylic acids is 1. The monoisotopic (exact) mass is 463 g/mol. The van der Waals surface area contributed by atoms with Crippen molar-refractivity contribution in [3.63, 3.8) is 0 Å². The average Bonchev–Trinajstić information content (AvgIpc) is 3.25. The van der Waals surface area contributed by atoms with Crippen LogP contribution in [0.1, 0.15) is 0 Å². The number of nitrogens with one attached hydrogen (secondary N) is 2. The van der Waals surface area contributed by atoms with Crippen molar-refractivity contribution in [2.24, 2.45) is 0 Å². The lowest BCUT2D eigenvalue weighted by Gasteiger charge is -2.12. The van der Waals surface area contributed by atoms with E-state index in [-0.39, 0.29) is 6.03 Å². The Hall–Kier alpha value is -3.65. The standard InChI is InChI=1S/C22H18BrN5O2/c1-30-20-7-2-16(23)14-19(20)27-22(29)26-17-3-5-18(6-4-17)28-13-12-25-21(28)15-8-10-24-11-9-15/h2-14H,1H3,(H2,26,27,29). The van der Waals surface area contributed by atoms with Crippen LogP contribution in [0, 0.1) is 0 Å². The highest BCUT2D eigenvalue weighted by atomic mass is 79.9. The van der Waals surface area contributed by atoms with E-state index in [9.17, 15) is 4.79 Å². The molecule has 30 heavy (non-hydrogen) atoms. The van der Waals surface area contributed by atoms with Gasteiger partial charge >= 0.3 is 6.03 Å². The van der Waals surface area contributed by atoms with Gasteiger partial charge in [-0.05, 0) is 54.6 Å². The molecule has 2 N–H and O–H groups in total. The molecule has 0 radical (unpaired) electrons. The summed E-state index contributed by atoms with van der Waals surface area (Å²) in [6.07, 6.45) is 7.12. The SMILES string of the molecule is COc1ccc(Br)cc1NC(=O)Nc1ccc(-n2ccnc2-c2ccncc2)cc1. The summed E-state index contributed by atoms with van der Waals surface area (Å²) < 4.78 is 8.10. The predicted octanol–water partition coefficient (Wildman–Crippen LogP) is 5.35. The van der Waals surface area contributed by atoms with Crippen molar-refractivity contribution in [1.82, 2.24) is 14.5 Å². The Morgan fingerprint density at radius 3 is 2.50 bits per heavy atom. The van der Waals surface area contributed by atoms with Crippen LogP contribution in [0.15, 0.2) is 83.9 Å². The van der Waals surface area contributed by atoms with Gasteiger partial charge in [-0.1, -0.05) is 15.9 Å². The summed E-state index contributed by atoms with van der Waals surface area (Å²) >= 11 is 3.39. The van der Waals surface area contributed by atoms with Gasteiger partial charge in [0.2, 0.25) is 0 Å². The number of hydrogen-bond acceptors (Lipinski definition) is 4. The molecule has 0 spiro atoms. The molecule has 0 aliphatic carbocycles.